The predicted octanol–water partition coefficient (Wildman–Crippen LogP) is 1.97. The van der Waals surface area contributed by atoms with Crippen molar-refractivity contribution in [2.24, 2.45) is 11.3 Å². The topological polar surface area (TPSA) is 137 Å². The molecule has 2 atom stereocenters. The fraction of sp³-hybridized carbons (Fsp3) is 0.577. The van der Waals surface area contributed by atoms with Crippen molar-refractivity contribution in [3.63, 3.8) is 0 Å². The van der Waals surface area contributed by atoms with Gasteiger partial charge >= 0.3 is 12.0 Å². The summed E-state index contributed by atoms with van der Waals surface area (Å²) < 4.78 is 4.92. The molecule has 2 fully saturated rings. The first-order valence-electron chi connectivity index (χ1n) is 12.6. The van der Waals surface area contributed by atoms with Gasteiger partial charge in [-0.3, -0.25) is 34.9 Å². The number of ether oxygens (including phenoxy) is 1. The number of benzene rings is 1. The molecule has 3 rings (SSSR count). The molecule has 0 aromatic heterocycles. The van der Waals surface area contributed by atoms with E-state index in [2.05, 4.69) is 34.9 Å². The van der Waals surface area contributed by atoms with Gasteiger partial charge in [0.25, 0.3) is 17.7 Å². The smallest absolute Gasteiger partial charge is 0.326 e. The molecule has 1 heterocycles. The van der Waals surface area contributed by atoms with E-state index in [-0.39, 0.29) is 11.3 Å². The Morgan fingerprint density at radius 1 is 1.08 bits per heavy atom. The zero-order chi connectivity index (χ0) is 27.4. The van der Waals surface area contributed by atoms with E-state index in [1.807, 2.05) is 32.9 Å². The second-order valence-corrected chi connectivity index (χ2v) is 10.6. The first-order valence-corrected chi connectivity index (χ1v) is 12.6. The largest absolute Gasteiger partial charge is 0.454 e. The molecule has 0 bridgehead atoms. The summed E-state index contributed by atoms with van der Waals surface area (Å²) in [7, 11) is 0. The van der Waals surface area contributed by atoms with Gasteiger partial charge in [-0.25, -0.2) is 4.79 Å². The van der Waals surface area contributed by atoms with Crippen molar-refractivity contribution in [2.75, 3.05) is 31.1 Å². The zero-order valence-corrected chi connectivity index (χ0v) is 22.2. The molecule has 1 spiro atoms. The lowest BCUT2D eigenvalue weighted by atomic mass is 9.64. The number of nitrogens with one attached hydrogen (secondary N) is 3. The Hall–Kier alpha value is -3.63. The number of esters is 1. The van der Waals surface area contributed by atoms with E-state index in [9.17, 15) is 24.0 Å². The first-order chi connectivity index (χ1) is 17.4. The van der Waals surface area contributed by atoms with Crippen LogP contribution in [0.25, 0.3) is 0 Å². The molecule has 202 valence electrons. The quantitative estimate of drug-likeness (QED) is 0.273. The molecule has 11 nitrogen and oxygen atoms in total. The monoisotopic (exact) mass is 515 g/mol. The van der Waals surface area contributed by atoms with Crippen LogP contribution in [0, 0.1) is 11.3 Å². The summed E-state index contributed by atoms with van der Waals surface area (Å²) >= 11 is 0. The van der Waals surface area contributed by atoms with Crippen LogP contribution in [0.3, 0.4) is 0 Å². The molecule has 3 N–H and O–H groups in total. The van der Waals surface area contributed by atoms with Gasteiger partial charge in [-0.1, -0.05) is 20.8 Å². The summed E-state index contributed by atoms with van der Waals surface area (Å²) in [5, 5.41) is 2.79. The molecule has 2 aliphatic rings. The van der Waals surface area contributed by atoms with Crippen LogP contribution in [-0.4, -0.2) is 66.4 Å². The fourth-order valence-electron chi connectivity index (χ4n) is 5.62. The van der Waals surface area contributed by atoms with Gasteiger partial charge < -0.3 is 15.0 Å². The number of carbonyl (C=O) groups is 5. The number of amides is 5. The molecule has 1 aromatic carbocycles. The number of hydrazine groups is 1. The number of carbonyl (C=O) groups excluding carboxylic acids is 5. The third kappa shape index (κ3) is 6.58. The van der Waals surface area contributed by atoms with Crippen molar-refractivity contribution in [3.05, 3.63) is 29.8 Å². The Morgan fingerprint density at radius 3 is 2.32 bits per heavy atom. The molecule has 1 saturated heterocycles. The van der Waals surface area contributed by atoms with Crippen LogP contribution in [0.15, 0.2) is 24.3 Å². The van der Waals surface area contributed by atoms with Crippen molar-refractivity contribution in [1.82, 2.24) is 21.1 Å². The minimum absolute atomic E-state index is 0.132. The maximum Gasteiger partial charge on any atom is 0.326 e. The summed E-state index contributed by atoms with van der Waals surface area (Å²) in [5.74, 6) is -2.41. The highest BCUT2D eigenvalue weighted by Gasteiger charge is 2.56. The van der Waals surface area contributed by atoms with Gasteiger partial charge in [0.05, 0.1) is 0 Å². The van der Waals surface area contributed by atoms with Crippen LogP contribution in [0.2, 0.25) is 0 Å². The molecule has 1 aliphatic heterocycles. The van der Waals surface area contributed by atoms with Crippen LogP contribution in [-0.2, 0) is 19.1 Å². The number of imide groups is 1. The number of hydrogen-bond acceptors (Lipinski definition) is 7. The van der Waals surface area contributed by atoms with E-state index in [1.165, 1.54) is 0 Å². The van der Waals surface area contributed by atoms with Crippen LogP contribution in [0.1, 0.15) is 64.2 Å². The average Bonchev–Trinajstić information content (AvgIpc) is 3.04. The van der Waals surface area contributed by atoms with E-state index < -0.39 is 48.4 Å². The Labute approximate surface area is 217 Å². The summed E-state index contributed by atoms with van der Waals surface area (Å²) in [4.78, 5) is 65.2. The van der Waals surface area contributed by atoms with Crippen LogP contribution < -0.4 is 21.1 Å². The van der Waals surface area contributed by atoms with Gasteiger partial charge in [-0.2, -0.15) is 0 Å². The van der Waals surface area contributed by atoms with Crippen molar-refractivity contribution in [2.45, 2.75) is 59.4 Å². The molecule has 0 unspecified atom stereocenters. The molecular weight excluding hydrogens is 478 g/mol. The number of hydrogen-bond donors (Lipinski definition) is 3. The number of rotatable bonds is 8. The standard InChI is InChI=1S/C26H37N5O6/c1-6-30(7-2)19-10-8-18(9-11-19)22(34)29-28-20(32)15-37-21(33)14-31-23(35)26(27-24(31)36)13-17(3)12-25(4,5)16-26/h8-11,17H,6-7,12-16H2,1-5H3,(H,27,36)(H,28,32)(H,29,34)/t17-,26+/m1/s1. The van der Waals surface area contributed by atoms with Gasteiger partial charge in [-0.15, -0.1) is 0 Å². The van der Waals surface area contributed by atoms with Crippen molar-refractivity contribution in [3.8, 4) is 0 Å². The van der Waals surface area contributed by atoms with Crippen molar-refractivity contribution < 1.29 is 28.7 Å². The number of urea groups is 1. The first kappa shape index (κ1) is 27.9. The van der Waals surface area contributed by atoms with Crippen LogP contribution in [0.4, 0.5) is 10.5 Å². The summed E-state index contributed by atoms with van der Waals surface area (Å²) in [6.07, 6.45) is 1.93. The highest BCUT2D eigenvalue weighted by Crippen LogP contribution is 2.46. The Balaban J connectivity index is 1.46. The number of nitrogens with zero attached hydrogens (tertiary/aromatic N) is 2. The van der Waals surface area contributed by atoms with E-state index in [0.717, 1.165) is 30.1 Å². The summed E-state index contributed by atoms with van der Waals surface area (Å²) in [6.45, 7) is 10.6. The van der Waals surface area contributed by atoms with E-state index >= 15 is 0 Å². The van der Waals surface area contributed by atoms with Gasteiger partial charge in [0.2, 0.25) is 0 Å². The second-order valence-electron chi connectivity index (χ2n) is 10.6. The SMILES string of the molecule is CCN(CC)c1ccc(C(=O)NNC(=O)COC(=O)CN2C(=O)N[C@]3(C[C@H](C)CC(C)(C)C3)C2=O)cc1. The minimum atomic E-state index is -1.02. The van der Waals surface area contributed by atoms with Crippen molar-refractivity contribution in [1.29, 1.82) is 0 Å². The lowest BCUT2D eigenvalue weighted by molar-refractivity contribution is -0.151. The van der Waals surface area contributed by atoms with Crippen LogP contribution in [0.5, 0.6) is 0 Å². The van der Waals surface area contributed by atoms with Gasteiger partial charge in [0.1, 0.15) is 12.1 Å². The molecular formula is C26H37N5O6. The Kier molecular flexibility index (Phi) is 8.45. The molecule has 1 saturated carbocycles. The van der Waals surface area contributed by atoms with Crippen molar-refractivity contribution >= 4 is 35.4 Å². The Bertz CT molecular complexity index is 1050. The average molecular weight is 516 g/mol. The molecule has 11 heteroatoms. The molecule has 1 aromatic rings. The maximum atomic E-state index is 13.1. The third-order valence-electron chi connectivity index (χ3n) is 6.85. The van der Waals surface area contributed by atoms with Crippen LogP contribution >= 0.6 is 0 Å². The van der Waals surface area contributed by atoms with Gasteiger partial charge in [0, 0.05) is 24.3 Å². The summed E-state index contributed by atoms with van der Waals surface area (Å²) in [5.41, 5.74) is 4.62. The fourth-order valence-corrected chi connectivity index (χ4v) is 5.62. The maximum absolute atomic E-state index is 13.1. The van der Waals surface area contributed by atoms with E-state index in [0.29, 0.717) is 18.4 Å². The molecule has 5 amide bonds. The highest BCUT2D eigenvalue weighted by atomic mass is 16.5. The molecule has 0 radical (unpaired) electrons. The lowest BCUT2D eigenvalue weighted by Crippen LogP contribution is -2.54. The third-order valence-corrected chi connectivity index (χ3v) is 6.85. The molecule has 1 aliphatic carbocycles. The normalized spacial score (nSPS) is 22.4. The highest BCUT2D eigenvalue weighted by molar-refractivity contribution is 6.09. The Morgan fingerprint density at radius 2 is 1.73 bits per heavy atom. The van der Waals surface area contributed by atoms with Gasteiger partial charge in [0.15, 0.2) is 6.61 Å². The second kappa shape index (κ2) is 11.2. The minimum Gasteiger partial charge on any atom is -0.454 e. The van der Waals surface area contributed by atoms with Gasteiger partial charge in [-0.05, 0) is 68.7 Å². The van der Waals surface area contributed by atoms with E-state index in [1.54, 1.807) is 12.1 Å². The number of anilines is 1. The zero-order valence-electron chi connectivity index (χ0n) is 22.2. The summed E-state index contributed by atoms with van der Waals surface area (Å²) in [6, 6.07) is 6.29. The predicted molar refractivity (Wildman–Crippen MR) is 136 cm³/mol. The van der Waals surface area contributed by atoms with E-state index in [4.69, 9.17) is 4.74 Å². The molecule has 37 heavy (non-hydrogen) atoms. The lowest BCUT2D eigenvalue weighted by Gasteiger charge is -2.43.